The van der Waals surface area contributed by atoms with Crippen molar-refractivity contribution in [3.05, 3.63) is 12.2 Å². The SMILES string of the molecule is C=C1CCC[C@]2(C)[C@@H]([C@H](C)CCCC(C)C)CC[C@@H]12. The maximum Gasteiger partial charge on any atom is -0.0149 e. The second kappa shape index (κ2) is 6.02. The topological polar surface area (TPSA) is 0 Å². The van der Waals surface area contributed by atoms with Crippen LogP contribution in [0.25, 0.3) is 0 Å². The molecular weight excluding hydrogens is 228 g/mol. The van der Waals surface area contributed by atoms with Crippen LogP contribution < -0.4 is 0 Å². The summed E-state index contributed by atoms with van der Waals surface area (Å²) in [6, 6.07) is 0. The predicted octanol–water partition coefficient (Wildman–Crippen LogP) is 6.22. The van der Waals surface area contributed by atoms with Crippen LogP contribution in [0.1, 0.15) is 79.1 Å². The van der Waals surface area contributed by atoms with Gasteiger partial charge in [0, 0.05) is 0 Å². The minimum absolute atomic E-state index is 0.590. The maximum absolute atomic E-state index is 4.38. The molecule has 0 nitrogen and oxygen atoms in total. The zero-order chi connectivity index (χ0) is 14.0. The molecule has 110 valence electrons. The van der Waals surface area contributed by atoms with Gasteiger partial charge < -0.3 is 0 Å². The first-order chi connectivity index (χ1) is 8.95. The molecule has 2 aliphatic carbocycles. The first kappa shape index (κ1) is 15.1. The van der Waals surface area contributed by atoms with Crippen molar-refractivity contribution in [2.45, 2.75) is 79.1 Å². The molecule has 0 aromatic carbocycles. The fourth-order valence-electron chi connectivity index (χ4n) is 5.15. The van der Waals surface area contributed by atoms with E-state index in [1.807, 2.05) is 0 Å². The van der Waals surface area contributed by atoms with E-state index in [1.165, 1.54) is 51.4 Å². The highest BCUT2D eigenvalue weighted by atomic mass is 14.5. The molecule has 0 saturated heterocycles. The summed E-state index contributed by atoms with van der Waals surface area (Å²) in [6.45, 7) is 14.2. The number of rotatable bonds is 5. The quantitative estimate of drug-likeness (QED) is 0.516. The Morgan fingerprint density at radius 3 is 2.63 bits per heavy atom. The van der Waals surface area contributed by atoms with Gasteiger partial charge in [-0.1, -0.05) is 59.1 Å². The summed E-state index contributed by atoms with van der Waals surface area (Å²) in [7, 11) is 0. The van der Waals surface area contributed by atoms with Crippen LogP contribution in [0.2, 0.25) is 0 Å². The maximum atomic E-state index is 4.38. The van der Waals surface area contributed by atoms with Crippen molar-refractivity contribution in [3.63, 3.8) is 0 Å². The lowest BCUT2D eigenvalue weighted by atomic mass is 9.61. The number of allylic oxidation sites excluding steroid dienone is 1. The third kappa shape index (κ3) is 3.09. The molecule has 0 unspecified atom stereocenters. The molecule has 0 spiro atoms. The lowest BCUT2D eigenvalue weighted by Crippen LogP contribution is -2.35. The molecule has 2 rings (SSSR count). The monoisotopic (exact) mass is 262 g/mol. The van der Waals surface area contributed by atoms with Gasteiger partial charge in [-0.2, -0.15) is 0 Å². The van der Waals surface area contributed by atoms with Gasteiger partial charge in [-0.3, -0.25) is 0 Å². The van der Waals surface area contributed by atoms with Crippen molar-refractivity contribution in [2.24, 2.45) is 29.1 Å². The minimum atomic E-state index is 0.590. The van der Waals surface area contributed by atoms with Crippen LogP contribution in [-0.4, -0.2) is 0 Å². The van der Waals surface area contributed by atoms with Crippen LogP contribution in [-0.2, 0) is 0 Å². The standard InChI is InChI=1S/C19H34/c1-14(2)8-6-9-15(3)17-11-12-18-16(4)10-7-13-19(17,18)5/h14-15,17-18H,4,6-13H2,1-3,5H3/t15-,17-,18+,19-/m1/s1. The zero-order valence-electron chi connectivity index (χ0n) is 13.7. The molecule has 0 aromatic rings. The molecule has 2 fully saturated rings. The summed E-state index contributed by atoms with van der Waals surface area (Å²) >= 11 is 0. The van der Waals surface area contributed by atoms with Crippen LogP contribution >= 0.6 is 0 Å². The Labute approximate surface area is 121 Å². The molecule has 2 aliphatic rings. The Bertz CT molecular complexity index is 314. The highest BCUT2D eigenvalue weighted by molar-refractivity contribution is 5.15. The van der Waals surface area contributed by atoms with Crippen molar-refractivity contribution in [2.75, 3.05) is 0 Å². The molecule has 0 aliphatic heterocycles. The largest absolute Gasteiger partial charge is 0.0996 e. The summed E-state index contributed by atoms with van der Waals surface area (Å²) in [5, 5.41) is 0. The van der Waals surface area contributed by atoms with Gasteiger partial charge in [0.15, 0.2) is 0 Å². The average Bonchev–Trinajstić information content (AvgIpc) is 2.67. The third-order valence-corrected chi connectivity index (χ3v) is 6.24. The molecule has 0 N–H and O–H groups in total. The van der Waals surface area contributed by atoms with E-state index >= 15 is 0 Å². The first-order valence-electron chi connectivity index (χ1n) is 8.63. The lowest BCUT2D eigenvalue weighted by Gasteiger charge is -2.44. The second-order valence-electron chi connectivity index (χ2n) is 8.06. The Morgan fingerprint density at radius 2 is 1.95 bits per heavy atom. The van der Waals surface area contributed by atoms with Gasteiger partial charge in [0.1, 0.15) is 0 Å². The number of fused-ring (bicyclic) bond motifs is 1. The van der Waals surface area contributed by atoms with Crippen LogP contribution in [0.4, 0.5) is 0 Å². The zero-order valence-corrected chi connectivity index (χ0v) is 13.7. The molecule has 4 atom stereocenters. The van der Waals surface area contributed by atoms with E-state index in [2.05, 4.69) is 34.3 Å². The van der Waals surface area contributed by atoms with Crippen molar-refractivity contribution in [1.82, 2.24) is 0 Å². The second-order valence-corrected chi connectivity index (χ2v) is 8.06. The minimum Gasteiger partial charge on any atom is -0.0996 e. The van der Waals surface area contributed by atoms with Gasteiger partial charge in [0.25, 0.3) is 0 Å². The normalized spacial score (nSPS) is 36.6. The molecular formula is C19H34. The van der Waals surface area contributed by atoms with E-state index in [9.17, 15) is 0 Å². The molecule has 0 heterocycles. The summed E-state index contributed by atoms with van der Waals surface area (Å²) in [5.41, 5.74) is 2.16. The Morgan fingerprint density at radius 1 is 1.21 bits per heavy atom. The highest BCUT2D eigenvalue weighted by Crippen LogP contribution is 2.59. The van der Waals surface area contributed by atoms with E-state index in [4.69, 9.17) is 0 Å². The van der Waals surface area contributed by atoms with Crippen molar-refractivity contribution < 1.29 is 0 Å². The summed E-state index contributed by atoms with van der Waals surface area (Å²) < 4.78 is 0. The van der Waals surface area contributed by atoms with Crippen LogP contribution in [0, 0.1) is 29.1 Å². The molecule has 0 amide bonds. The predicted molar refractivity (Wildman–Crippen MR) is 85.2 cm³/mol. The molecule has 2 saturated carbocycles. The Hall–Kier alpha value is -0.260. The number of hydrogen-bond acceptors (Lipinski definition) is 0. The van der Waals surface area contributed by atoms with E-state index in [0.717, 1.165) is 23.7 Å². The van der Waals surface area contributed by atoms with Gasteiger partial charge >= 0.3 is 0 Å². The molecule has 19 heavy (non-hydrogen) atoms. The molecule has 0 aromatic heterocycles. The van der Waals surface area contributed by atoms with E-state index < -0.39 is 0 Å². The summed E-state index contributed by atoms with van der Waals surface area (Å²) in [6.07, 6.45) is 11.3. The van der Waals surface area contributed by atoms with Gasteiger partial charge in [-0.15, -0.1) is 0 Å². The van der Waals surface area contributed by atoms with Crippen molar-refractivity contribution in [1.29, 1.82) is 0 Å². The smallest absolute Gasteiger partial charge is 0.0149 e. The van der Waals surface area contributed by atoms with Crippen molar-refractivity contribution >= 4 is 0 Å². The fourth-order valence-corrected chi connectivity index (χ4v) is 5.15. The van der Waals surface area contributed by atoms with E-state index in [-0.39, 0.29) is 0 Å². The lowest BCUT2D eigenvalue weighted by molar-refractivity contribution is 0.0932. The van der Waals surface area contributed by atoms with Gasteiger partial charge in [0.05, 0.1) is 0 Å². The molecule has 0 heteroatoms. The summed E-state index contributed by atoms with van der Waals surface area (Å²) in [4.78, 5) is 0. The fraction of sp³-hybridized carbons (Fsp3) is 0.895. The van der Waals surface area contributed by atoms with Crippen LogP contribution in [0.5, 0.6) is 0 Å². The Kier molecular flexibility index (Phi) is 4.79. The molecule has 0 bridgehead atoms. The Balaban J connectivity index is 1.95. The van der Waals surface area contributed by atoms with Crippen molar-refractivity contribution in [3.8, 4) is 0 Å². The van der Waals surface area contributed by atoms with Crippen LogP contribution in [0.3, 0.4) is 0 Å². The van der Waals surface area contributed by atoms with Gasteiger partial charge in [-0.05, 0) is 61.2 Å². The third-order valence-electron chi connectivity index (χ3n) is 6.24. The van der Waals surface area contributed by atoms with E-state index in [1.54, 1.807) is 5.57 Å². The van der Waals surface area contributed by atoms with Crippen LogP contribution in [0.15, 0.2) is 12.2 Å². The highest BCUT2D eigenvalue weighted by Gasteiger charge is 2.49. The average molecular weight is 262 g/mol. The van der Waals surface area contributed by atoms with E-state index in [0.29, 0.717) is 5.41 Å². The molecule has 0 radical (unpaired) electrons. The summed E-state index contributed by atoms with van der Waals surface area (Å²) in [5.74, 6) is 3.59. The van der Waals surface area contributed by atoms with Gasteiger partial charge in [-0.25, -0.2) is 0 Å². The first-order valence-corrected chi connectivity index (χ1v) is 8.63. The van der Waals surface area contributed by atoms with Gasteiger partial charge in [0.2, 0.25) is 0 Å². The number of hydrogen-bond donors (Lipinski definition) is 0.